The van der Waals surface area contributed by atoms with Crippen LogP contribution in [-0.2, 0) is 0 Å². The monoisotopic (exact) mass is 196 g/mol. The van der Waals surface area contributed by atoms with Crippen LogP contribution in [0.1, 0.15) is 39.0 Å². The maximum absolute atomic E-state index is 5.75. The summed E-state index contributed by atoms with van der Waals surface area (Å²) in [5, 5.41) is 0. The predicted molar refractivity (Wildman–Crippen MR) is 60.2 cm³/mol. The third kappa shape index (κ3) is 2.71. The predicted octanol–water partition coefficient (Wildman–Crippen LogP) is 1.85. The van der Waals surface area contributed by atoms with Crippen molar-refractivity contribution in [3.05, 3.63) is 0 Å². The molecule has 0 aromatic rings. The van der Waals surface area contributed by atoms with Gasteiger partial charge in [0.2, 0.25) is 0 Å². The van der Waals surface area contributed by atoms with Crippen LogP contribution in [0.4, 0.5) is 0 Å². The molecule has 0 aromatic carbocycles. The molecule has 1 saturated carbocycles. The second-order valence-electron chi connectivity index (χ2n) is 5.27. The lowest BCUT2D eigenvalue weighted by Crippen LogP contribution is -2.43. The molecule has 2 fully saturated rings. The summed E-state index contributed by atoms with van der Waals surface area (Å²) in [6.07, 6.45) is 7.11. The molecule has 2 aliphatic rings. The fraction of sp³-hybridized carbons (Fsp3) is 1.00. The normalized spacial score (nSPS) is 31.7. The van der Waals surface area contributed by atoms with E-state index >= 15 is 0 Å². The van der Waals surface area contributed by atoms with Gasteiger partial charge in [0, 0.05) is 12.6 Å². The minimum atomic E-state index is 0.769. The lowest BCUT2D eigenvalue weighted by atomic mass is 9.96. The summed E-state index contributed by atoms with van der Waals surface area (Å²) in [7, 11) is 0. The Hall–Kier alpha value is -0.0800. The van der Waals surface area contributed by atoms with Gasteiger partial charge in [0.05, 0.1) is 0 Å². The number of hydrogen-bond donors (Lipinski definition) is 1. The highest BCUT2D eigenvalue weighted by molar-refractivity contribution is 4.82. The van der Waals surface area contributed by atoms with E-state index in [1.54, 1.807) is 0 Å². The Morgan fingerprint density at radius 1 is 1.29 bits per heavy atom. The fourth-order valence-electron chi connectivity index (χ4n) is 2.68. The van der Waals surface area contributed by atoms with Gasteiger partial charge < -0.3 is 10.6 Å². The second-order valence-corrected chi connectivity index (χ2v) is 5.27. The van der Waals surface area contributed by atoms with Crippen LogP contribution < -0.4 is 5.73 Å². The first-order valence-corrected chi connectivity index (χ1v) is 6.23. The molecule has 0 amide bonds. The zero-order valence-electron chi connectivity index (χ0n) is 9.41. The van der Waals surface area contributed by atoms with Crippen LogP contribution in [0.25, 0.3) is 0 Å². The summed E-state index contributed by atoms with van der Waals surface area (Å²) in [6, 6.07) is 0.803. The van der Waals surface area contributed by atoms with E-state index in [0.29, 0.717) is 0 Å². The molecule has 82 valence electrons. The van der Waals surface area contributed by atoms with Crippen LogP contribution >= 0.6 is 0 Å². The van der Waals surface area contributed by atoms with Crippen molar-refractivity contribution in [1.82, 2.24) is 4.90 Å². The van der Waals surface area contributed by atoms with Gasteiger partial charge in [0.15, 0.2) is 0 Å². The van der Waals surface area contributed by atoms with Gasteiger partial charge in [-0.25, -0.2) is 0 Å². The van der Waals surface area contributed by atoms with Crippen molar-refractivity contribution in [1.29, 1.82) is 0 Å². The standard InChI is InChI=1S/C12H24N2/c1-10(7-11-4-5-11)14-6-2-3-12(8-13)9-14/h10-12H,2-9,13H2,1H3. The van der Waals surface area contributed by atoms with E-state index in [4.69, 9.17) is 5.73 Å². The Labute approximate surface area is 87.8 Å². The van der Waals surface area contributed by atoms with Crippen LogP contribution in [0.15, 0.2) is 0 Å². The van der Waals surface area contributed by atoms with E-state index < -0.39 is 0 Å². The highest BCUT2D eigenvalue weighted by atomic mass is 15.2. The molecule has 2 unspecified atom stereocenters. The van der Waals surface area contributed by atoms with Crippen molar-refractivity contribution in [3.63, 3.8) is 0 Å². The van der Waals surface area contributed by atoms with Crippen molar-refractivity contribution in [2.45, 2.75) is 45.1 Å². The van der Waals surface area contributed by atoms with Crippen molar-refractivity contribution < 1.29 is 0 Å². The quantitative estimate of drug-likeness (QED) is 0.743. The Morgan fingerprint density at radius 2 is 2.07 bits per heavy atom. The van der Waals surface area contributed by atoms with Gasteiger partial charge in [-0.15, -0.1) is 0 Å². The zero-order valence-corrected chi connectivity index (χ0v) is 9.41. The van der Waals surface area contributed by atoms with E-state index in [1.807, 2.05) is 0 Å². The molecule has 2 heteroatoms. The zero-order chi connectivity index (χ0) is 9.97. The highest BCUT2D eigenvalue weighted by Crippen LogP contribution is 2.35. The molecule has 1 saturated heterocycles. The van der Waals surface area contributed by atoms with Crippen molar-refractivity contribution in [2.24, 2.45) is 17.6 Å². The van der Waals surface area contributed by atoms with Gasteiger partial charge >= 0.3 is 0 Å². The lowest BCUT2D eigenvalue weighted by molar-refractivity contribution is 0.125. The van der Waals surface area contributed by atoms with Gasteiger partial charge in [-0.05, 0) is 51.1 Å². The van der Waals surface area contributed by atoms with Crippen molar-refractivity contribution >= 4 is 0 Å². The van der Waals surface area contributed by atoms with Crippen molar-refractivity contribution in [3.8, 4) is 0 Å². The third-order valence-corrected chi connectivity index (χ3v) is 3.88. The number of rotatable bonds is 4. The molecule has 2 atom stereocenters. The molecule has 1 aliphatic heterocycles. The molecule has 1 heterocycles. The van der Waals surface area contributed by atoms with Gasteiger partial charge in [0.1, 0.15) is 0 Å². The Bertz CT molecular complexity index is 177. The van der Waals surface area contributed by atoms with Crippen molar-refractivity contribution in [2.75, 3.05) is 19.6 Å². The van der Waals surface area contributed by atoms with Crippen LogP contribution in [0.3, 0.4) is 0 Å². The Morgan fingerprint density at radius 3 is 2.71 bits per heavy atom. The van der Waals surface area contributed by atoms with Crippen LogP contribution in [-0.4, -0.2) is 30.6 Å². The largest absolute Gasteiger partial charge is 0.330 e. The summed E-state index contributed by atoms with van der Waals surface area (Å²) < 4.78 is 0. The molecule has 0 radical (unpaired) electrons. The molecule has 2 rings (SSSR count). The smallest absolute Gasteiger partial charge is 0.00696 e. The lowest BCUT2D eigenvalue weighted by Gasteiger charge is -2.36. The third-order valence-electron chi connectivity index (χ3n) is 3.88. The number of likely N-dealkylation sites (tertiary alicyclic amines) is 1. The average Bonchev–Trinajstić information content (AvgIpc) is 3.02. The Kier molecular flexibility index (Phi) is 3.45. The summed E-state index contributed by atoms with van der Waals surface area (Å²) in [6.45, 7) is 5.85. The van der Waals surface area contributed by atoms with Gasteiger partial charge in [-0.3, -0.25) is 0 Å². The minimum Gasteiger partial charge on any atom is -0.330 e. The Balaban J connectivity index is 1.76. The van der Waals surface area contributed by atoms with Gasteiger partial charge in [-0.1, -0.05) is 12.8 Å². The average molecular weight is 196 g/mol. The van der Waals surface area contributed by atoms with Gasteiger partial charge in [0.25, 0.3) is 0 Å². The first-order valence-electron chi connectivity index (χ1n) is 6.23. The topological polar surface area (TPSA) is 29.3 Å². The summed E-state index contributed by atoms with van der Waals surface area (Å²) in [4.78, 5) is 2.67. The van der Waals surface area contributed by atoms with Crippen LogP contribution in [0.2, 0.25) is 0 Å². The molecule has 0 aromatic heterocycles. The van der Waals surface area contributed by atoms with E-state index in [0.717, 1.165) is 24.4 Å². The highest BCUT2D eigenvalue weighted by Gasteiger charge is 2.28. The number of hydrogen-bond acceptors (Lipinski definition) is 2. The van der Waals surface area contributed by atoms with Gasteiger partial charge in [-0.2, -0.15) is 0 Å². The summed E-state index contributed by atoms with van der Waals surface area (Å²) in [5.74, 6) is 1.83. The number of nitrogens with zero attached hydrogens (tertiary/aromatic N) is 1. The van der Waals surface area contributed by atoms with Crippen LogP contribution in [0, 0.1) is 11.8 Å². The fourth-order valence-corrected chi connectivity index (χ4v) is 2.68. The second kappa shape index (κ2) is 4.63. The van der Waals surface area contributed by atoms with Crippen LogP contribution in [0.5, 0.6) is 0 Å². The summed E-state index contributed by atoms with van der Waals surface area (Å²) in [5.41, 5.74) is 5.75. The molecule has 0 bridgehead atoms. The molecule has 2 nitrogen and oxygen atoms in total. The maximum Gasteiger partial charge on any atom is 0.00696 e. The van der Waals surface area contributed by atoms with E-state index in [1.165, 1.54) is 45.2 Å². The molecule has 1 aliphatic carbocycles. The molecular formula is C12H24N2. The number of nitrogens with two attached hydrogens (primary N) is 1. The number of piperidine rings is 1. The SMILES string of the molecule is CC(CC1CC1)N1CCCC(CN)C1. The minimum absolute atomic E-state index is 0.769. The first-order chi connectivity index (χ1) is 6.79. The van der Waals surface area contributed by atoms with E-state index in [9.17, 15) is 0 Å². The molecular weight excluding hydrogens is 172 g/mol. The molecule has 0 spiro atoms. The molecule has 14 heavy (non-hydrogen) atoms. The molecule has 2 N–H and O–H groups in total. The van der Waals surface area contributed by atoms with E-state index in [-0.39, 0.29) is 0 Å². The van der Waals surface area contributed by atoms with E-state index in [2.05, 4.69) is 11.8 Å². The summed E-state index contributed by atoms with van der Waals surface area (Å²) >= 11 is 0. The maximum atomic E-state index is 5.75. The first kappa shape index (κ1) is 10.4.